The van der Waals surface area contributed by atoms with Crippen LogP contribution >= 0.6 is 0 Å². The molecule has 0 amide bonds. The molecule has 0 saturated carbocycles. The van der Waals surface area contributed by atoms with Crippen LogP contribution in [-0.4, -0.2) is 9.97 Å². The number of nitrogens with one attached hydrogen (secondary N) is 1. The molecule has 0 fully saturated rings. The molecule has 0 aliphatic rings. The molecule has 1 N–H and O–H groups in total. The fraction of sp³-hybridized carbons (Fsp3) is 0.231. The van der Waals surface area contributed by atoms with Gasteiger partial charge in [-0.2, -0.15) is 0 Å². The minimum atomic E-state index is -0.0821. The summed E-state index contributed by atoms with van der Waals surface area (Å²) in [5, 5.41) is 0.628. The van der Waals surface area contributed by atoms with Gasteiger partial charge < -0.3 is 4.98 Å². The zero-order valence-electron chi connectivity index (χ0n) is 8.86. The van der Waals surface area contributed by atoms with E-state index in [1.807, 2.05) is 18.2 Å². The smallest absolute Gasteiger partial charge is 0.258 e. The van der Waals surface area contributed by atoms with E-state index in [4.69, 9.17) is 6.42 Å². The number of nitrogens with zero attached hydrogens (tertiary/aromatic N) is 1. The standard InChI is InChI=1S/C13H12N2O/c1-2-3-4-9-12-14-11-8-6-5-7-10(11)13(16)15-12/h1,5-8H,3-4,9H2,(H,14,15,16). The first-order valence-corrected chi connectivity index (χ1v) is 5.22. The van der Waals surface area contributed by atoms with Gasteiger partial charge in [0.25, 0.3) is 5.56 Å². The lowest BCUT2D eigenvalue weighted by molar-refractivity contribution is 0.797. The largest absolute Gasteiger partial charge is 0.310 e. The molecule has 0 spiro atoms. The highest BCUT2D eigenvalue weighted by atomic mass is 16.1. The first-order valence-electron chi connectivity index (χ1n) is 5.22. The lowest BCUT2D eigenvalue weighted by atomic mass is 10.2. The number of terminal acetylenes is 1. The lowest BCUT2D eigenvalue weighted by Gasteiger charge is -2.01. The van der Waals surface area contributed by atoms with Crippen molar-refractivity contribution < 1.29 is 0 Å². The molecule has 1 aromatic heterocycles. The maximum absolute atomic E-state index is 11.7. The summed E-state index contributed by atoms with van der Waals surface area (Å²) in [5.74, 6) is 3.28. The third kappa shape index (κ3) is 2.12. The lowest BCUT2D eigenvalue weighted by Crippen LogP contribution is -2.11. The van der Waals surface area contributed by atoms with E-state index in [1.165, 1.54) is 0 Å². The molecule has 0 aliphatic heterocycles. The summed E-state index contributed by atoms with van der Waals surface area (Å²) >= 11 is 0. The highest BCUT2D eigenvalue weighted by Crippen LogP contribution is 2.06. The van der Waals surface area contributed by atoms with Crippen molar-refractivity contribution in [3.05, 3.63) is 40.4 Å². The fourth-order valence-corrected chi connectivity index (χ4v) is 1.61. The topological polar surface area (TPSA) is 45.8 Å². The predicted molar refractivity (Wildman–Crippen MR) is 64.1 cm³/mol. The van der Waals surface area contributed by atoms with E-state index in [1.54, 1.807) is 6.07 Å². The molecule has 3 heteroatoms. The van der Waals surface area contributed by atoms with Gasteiger partial charge in [-0.05, 0) is 18.6 Å². The Hall–Kier alpha value is -2.08. The van der Waals surface area contributed by atoms with Crippen LogP contribution in [0.2, 0.25) is 0 Å². The van der Waals surface area contributed by atoms with Crippen LogP contribution < -0.4 is 5.56 Å². The van der Waals surface area contributed by atoms with Crippen LogP contribution in [0, 0.1) is 12.3 Å². The summed E-state index contributed by atoms with van der Waals surface area (Å²) in [6, 6.07) is 7.32. The average molecular weight is 212 g/mol. The molecular formula is C13H12N2O. The quantitative estimate of drug-likeness (QED) is 0.623. The minimum Gasteiger partial charge on any atom is -0.310 e. The second-order valence-corrected chi connectivity index (χ2v) is 3.59. The van der Waals surface area contributed by atoms with Gasteiger partial charge in [0.1, 0.15) is 5.82 Å². The van der Waals surface area contributed by atoms with Crippen LogP contribution in [0.3, 0.4) is 0 Å². The van der Waals surface area contributed by atoms with Gasteiger partial charge in [0.15, 0.2) is 0 Å². The van der Waals surface area contributed by atoms with E-state index in [0.717, 1.165) is 11.9 Å². The maximum atomic E-state index is 11.7. The third-order valence-corrected chi connectivity index (χ3v) is 2.40. The van der Waals surface area contributed by atoms with Gasteiger partial charge in [-0.25, -0.2) is 4.98 Å². The first kappa shape index (κ1) is 10.4. The van der Waals surface area contributed by atoms with Crippen LogP contribution in [0.5, 0.6) is 0 Å². The summed E-state index contributed by atoms with van der Waals surface area (Å²) in [6.07, 6.45) is 7.43. The Bertz CT molecular complexity index is 593. The van der Waals surface area contributed by atoms with E-state index in [0.29, 0.717) is 24.1 Å². The SMILES string of the molecule is C#CCCCc1nc2ccccc2c(=O)[nH]1. The molecule has 0 aliphatic carbocycles. The Morgan fingerprint density at radius 2 is 2.19 bits per heavy atom. The normalized spacial score (nSPS) is 10.2. The highest BCUT2D eigenvalue weighted by Gasteiger charge is 2.02. The monoisotopic (exact) mass is 212 g/mol. The number of rotatable bonds is 3. The molecule has 2 rings (SSSR count). The van der Waals surface area contributed by atoms with Gasteiger partial charge >= 0.3 is 0 Å². The number of aromatic amines is 1. The number of fused-ring (bicyclic) bond motifs is 1. The van der Waals surface area contributed by atoms with Crippen LogP contribution in [-0.2, 0) is 6.42 Å². The number of aromatic nitrogens is 2. The minimum absolute atomic E-state index is 0.0821. The molecule has 1 aromatic carbocycles. The van der Waals surface area contributed by atoms with Gasteiger partial charge in [-0.1, -0.05) is 12.1 Å². The zero-order chi connectivity index (χ0) is 11.4. The summed E-state index contributed by atoms with van der Waals surface area (Å²) in [5.41, 5.74) is 0.656. The summed E-state index contributed by atoms with van der Waals surface area (Å²) < 4.78 is 0. The van der Waals surface area contributed by atoms with Gasteiger partial charge in [0.2, 0.25) is 0 Å². The van der Waals surface area contributed by atoms with Crippen molar-refractivity contribution in [2.45, 2.75) is 19.3 Å². The van der Waals surface area contributed by atoms with Crippen molar-refractivity contribution in [1.82, 2.24) is 9.97 Å². The van der Waals surface area contributed by atoms with Crippen molar-refractivity contribution in [2.24, 2.45) is 0 Å². The molecular weight excluding hydrogens is 200 g/mol. The molecule has 0 saturated heterocycles. The van der Waals surface area contributed by atoms with Crippen molar-refractivity contribution >= 4 is 10.9 Å². The number of benzene rings is 1. The Morgan fingerprint density at radius 3 is 3.00 bits per heavy atom. The summed E-state index contributed by atoms with van der Waals surface area (Å²) in [4.78, 5) is 18.9. The molecule has 1 heterocycles. The maximum Gasteiger partial charge on any atom is 0.258 e. The van der Waals surface area contributed by atoms with E-state index in [-0.39, 0.29) is 5.56 Å². The van der Waals surface area contributed by atoms with E-state index in [9.17, 15) is 4.79 Å². The highest BCUT2D eigenvalue weighted by molar-refractivity contribution is 5.77. The van der Waals surface area contributed by atoms with Crippen LogP contribution in [0.4, 0.5) is 0 Å². The second kappa shape index (κ2) is 4.63. The Balaban J connectivity index is 2.35. The van der Waals surface area contributed by atoms with Gasteiger partial charge in [0.05, 0.1) is 10.9 Å². The second-order valence-electron chi connectivity index (χ2n) is 3.59. The van der Waals surface area contributed by atoms with E-state index < -0.39 is 0 Å². The zero-order valence-corrected chi connectivity index (χ0v) is 8.86. The molecule has 80 valence electrons. The van der Waals surface area contributed by atoms with Crippen molar-refractivity contribution in [3.8, 4) is 12.3 Å². The first-order chi connectivity index (χ1) is 7.81. The van der Waals surface area contributed by atoms with Crippen LogP contribution in [0.15, 0.2) is 29.1 Å². The van der Waals surface area contributed by atoms with Gasteiger partial charge in [0, 0.05) is 12.8 Å². The van der Waals surface area contributed by atoms with E-state index >= 15 is 0 Å². The summed E-state index contributed by atoms with van der Waals surface area (Å²) in [7, 11) is 0. The van der Waals surface area contributed by atoms with Crippen LogP contribution in [0.25, 0.3) is 10.9 Å². The number of unbranched alkanes of at least 4 members (excludes halogenated alkanes) is 1. The molecule has 16 heavy (non-hydrogen) atoms. The predicted octanol–water partition coefficient (Wildman–Crippen LogP) is 1.88. The Kier molecular flexibility index (Phi) is 3.02. The number of H-pyrrole nitrogens is 1. The molecule has 0 atom stereocenters. The van der Waals surface area contributed by atoms with Crippen molar-refractivity contribution in [1.29, 1.82) is 0 Å². The van der Waals surface area contributed by atoms with Gasteiger partial charge in [-0.3, -0.25) is 4.79 Å². The molecule has 2 aromatic rings. The third-order valence-electron chi connectivity index (χ3n) is 2.40. The molecule has 0 unspecified atom stereocenters. The van der Waals surface area contributed by atoms with Crippen molar-refractivity contribution in [3.63, 3.8) is 0 Å². The van der Waals surface area contributed by atoms with Crippen LogP contribution in [0.1, 0.15) is 18.7 Å². The fourth-order valence-electron chi connectivity index (χ4n) is 1.61. The average Bonchev–Trinajstić information content (AvgIpc) is 2.30. The molecule has 3 nitrogen and oxygen atoms in total. The number of aryl methyl sites for hydroxylation is 1. The number of hydrogen-bond donors (Lipinski definition) is 1. The number of para-hydroxylation sites is 1. The summed E-state index contributed by atoms with van der Waals surface area (Å²) in [6.45, 7) is 0. The van der Waals surface area contributed by atoms with E-state index in [2.05, 4.69) is 15.9 Å². The number of hydrogen-bond acceptors (Lipinski definition) is 2. The Morgan fingerprint density at radius 1 is 1.38 bits per heavy atom. The van der Waals surface area contributed by atoms with Gasteiger partial charge in [-0.15, -0.1) is 12.3 Å². The van der Waals surface area contributed by atoms with Crippen molar-refractivity contribution in [2.75, 3.05) is 0 Å². The Labute approximate surface area is 93.5 Å². The molecule has 0 radical (unpaired) electrons. The molecule has 0 bridgehead atoms.